The van der Waals surface area contributed by atoms with E-state index in [1.807, 2.05) is 4.90 Å². The van der Waals surface area contributed by atoms with Crippen molar-refractivity contribution in [3.05, 3.63) is 47.3 Å². The van der Waals surface area contributed by atoms with E-state index in [2.05, 4.69) is 15.5 Å². The molecule has 2 heterocycles. The highest BCUT2D eigenvalue weighted by Gasteiger charge is 2.31. The van der Waals surface area contributed by atoms with Crippen LogP contribution in [0.25, 0.3) is 0 Å². The molecule has 1 aromatic carbocycles. The number of hydrogen-bond donors (Lipinski definition) is 2. The molecular formula is C16H17F3N4O. The molecule has 0 aliphatic carbocycles. The van der Waals surface area contributed by atoms with Gasteiger partial charge in [-0.1, -0.05) is 0 Å². The summed E-state index contributed by atoms with van der Waals surface area (Å²) in [5.74, 6) is -0.194. The largest absolute Gasteiger partial charge is 0.416 e. The Morgan fingerprint density at radius 2 is 2.04 bits per heavy atom. The Morgan fingerprint density at radius 3 is 2.62 bits per heavy atom. The van der Waals surface area contributed by atoms with Crippen LogP contribution in [0.2, 0.25) is 0 Å². The Bertz CT molecular complexity index is 724. The quantitative estimate of drug-likeness (QED) is 0.905. The Hall–Kier alpha value is -2.51. The van der Waals surface area contributed by atoms with Crippen LogP contribution >= 0.6 is 0 Å². The van der Waals surface area contributed by atoms with Crippen molar-refractivity contribution < 1.29 is 18.0 Å². The number of amides is 1. The van der Waals surface area contributed by atoms with E-state index in [0.717, 1.165) is 24.2 Å². The number of rotatable bonds is 3. The number of halogens is 3. The maximum atomic E-state index is 12.6. The number of H-pyrrole nitrogens is 1. The highest BCUT2D eigenvalue weighted by molar-refractivity contribution is 5.95. The van der Waals surface area contributed by atoms with E-state index in [1.54, 1.807) is 6.92 Å². The molecule has 0 radical (unpaired) electrons. The lowest BCUT2D eigenvalue weighted by molar-refractivity contribution is -0.137. The second kappa shape index (κ2) is 6.18. The molecule has 1 aromatic heterocycles. The van der Waals surface area contributed by atoms with Gasteiger partial charge >= 0.3 is 6.18 Å². The molecule has 1 aliphatic heterocycles. The molecular weight excluding hydrogens is 321 g/mol. The van der Waals surface area contributed by atoms with Crippen molar-refractivity contribution in [3.63, 3.8) is 0 Å². The summed E-state index contributed by atoms with van der Waals surface area (Å²) in [5.41, 5.74) is 1.26. The molecule has 1 unspecified atom stereocenters. The number of aromatic amines is 1. The number of anilines is 1. The number of aromatic nitrogens is 2. The third-order valence-corrected chi connectivity index (χ3v) is 4.16. The van der Waals surface area contributed by atoms with Gasteiger partial charge in [-0.2, -0.15) is 18.3 Å². The van der Waals surface area contributed by atoms with Crippen LogP contribution in [0, 0.1) is 6.92 Å². The zero-order valence-electron chi connectivity index (χ0n) is 13.0. The van der Waals surface area contributed by atoms with E-state index in [9.17, 15) is 18.0 Å². The summed E-state index contributed by atoms with van der Waals surface area (Å²) < 4.78 is 37.8. The normalized spacial score (nSPS) is 18.0. The summed E-state index contributed by atoms with van der Waals surface area (Å²) >= 11 is 0. The summed E-state index contributed by atoms with van der Waals surface area (Å²) in [5, 5.41) is 9.47. The van der Waals surface area contributed by atoms with Crippen LogP contribution in [0.1, 0.15) is 28.0 Å². The van der Waals surface area contributed by atoms with Crippen molar-refractivity contribution in [2.45, 2.75) is 25.6 Å². The molecule has 8 heteroatoms. The van der Waals surface area contributed by atoms with Crippen molar-refractivity contribution >= 4 is 11.6 Å². The molecule has 128 valence electrons. The molecule has 24 heavy (non-hydrogen) atoms. The van der Waals surface area contributed by atoms with Gasteiger partial charge in [0.05, 0.1) is 17.3 Å². The van der Waals surface area contributed by atoms with Crippen molar-refractivity contribution in [3.8, 4) is 0 Å². The highest BCUT2D eigenvalue weighted by atomic mass is 19.4. The Kier molecular flexibility index (Phi) is 4.21. The smallest absolute Gasteiger partial charge is 0.369 e. The molecule has 0 spiro atoms. The monoisotopic (exact) mass is 338 g/mol. The van der Waals surface area contributed by atoms with E-state index in [-0.39, 0.29) is 11.9 Å². The van der Waals surface area contributed by atoms with Gasteiger partial charge in [-0.15, -0.1) is 0 Å². The Balaban J connectivity index is 1.61. The van der Waals surface area contributed by atoms with E-state index < -0.39 is 11.7 Å². The van der Waals surface area contributed by atoms with E-state index in [4.69, 9.17) is 0 Å². The molecule has 1 saturated heterocycles. The van der Waals surface area contributed by atoms with Crippen molar-refractivity contribution in [1.82, 2.24) is 15.5 Å². The first-order valence-corrected chi connectivity index (χ1v) is 7.57. The topological polar surface area (TPSA) is 61.0 Å². The molecule has 0 bridgehead atoms. The summed E-state index contributed by atoms with van der Waals surface area (Å²) in [6, 6.07) is 5.04. The number of hydrogen-bond acceptors (Lipinski definition) is 3. The molecule has 1 amide bonds. The molecule has 5 nitrogen and oxygen atoms in total. The lowest BCUT2D eigenvalue weighted by Gasteiger charge is -2.19. The SMILES string of the molecule is Cc1[nH]ncc1C(=O)NC1CCN(c2ccc(C(F)(F)F)cc2)C1. The lowest BCUT2D eigenvalue weighted by atomic mass is 10.2. The first-order valence-electron chi connectivity index (χ1n) is 7.57. The van der Waals surface area contributed by atoms with Crippen molar-refractivity contribution in [2.24, 2.45) is 0 Å². The van der Waals surface area contributed by atoms with Gasteiger partial charge in [-0.05, 0) is 37.6 Å². The van der Waals surface area contributed by atoms with Crippen LogP contribution in [0.4, 0.5) is 18.9 Å². The third kappa shape index (κ3) is 3.37. The fourth-order valence-corrected chi connectivity index (χ4v) is 2.82. The zero-order valence-corrected chi connectivity index (χ0v) is 13.0. The summed E-state index contributed by atoms with van der Waals surface area (Å²) in [4.78, 5) is 14.1. The predicted molar refractivity (Wildman–Crippen MR) is 82.9 cm³/mol. The first-order chi connectivity index (χ1) is 11.3. The van der Waals surface area contributed by atoms with Gasteiger partial charge in [-0.25, -0.2) is 0 Å². The maximum absolute atomic E-state index is 12.6. The number of benzene rings is 1. The van der Waals surface area contributed by atoms with E-state index >= 15 is 0 Å². The average molecular weight is 338 g/mol. The Morgan fingerprint density at radius 1 is 1.33 bits per heavy atom. The molecule has 2 N–H and O–H groups in total. The maximum Gasteiger partial charge on any atom is 0.416 e. The fraction of sp³-hybridized carbons (Fsp3) is 0.375. The molecule has 1 atom stereocenters. The average Bonchev–Trinajstić information content (AvgIpc) is 3.15. The zero-order chi connectivity index (χ0) is 17.3. The minimum atomic E-state index is -4.33. The Labute approximate surface area is 136 Å². The number of aryl methyl sites for hydroxylation is 1. The van der Waals surface area contributed by atoms with Crippen LogP contribution < -0.4 is 10.2 Å². The van der Waals surface area contributed by atoms with E-state index in [0.29, 0.717) is 24.3 Å². The van der Waals surface area contributed by atoms with Crippen molar-refractivity contribution in [1.29, 1.82) is 0 Å². The number of nitrogens with one attached hydrogen (secondary N) is 2. The van der Waals surface area contributed by atoms with Crippen LogP contribution in [0.5, 0.6) is 0 Å². The fourth-order valence-electron chi connectivity index (χ4n) is 2.82. The first kappa shape index (κ1) is 16.4. The second-order valence-corrected chi connectivity index (χ2v) is 5.86. The minimum Gasteiger partial charge on any atom is -0.369 e. The van der Waals surface area contributed by atoms with Crippen LogP contribution in [0.15, 0.2) is 30.5 Å². The summed E-state index contributed by atoms with van der Waals surface area (Å²) in [6.07, 6.45) is -2.11. The van der Waals surface area contributed by atoms with Crippen LogP contribution in [0.3, 0.4) is 0 Å². The van der Waals surface area contributed by atoms with E-state index in [1.165, 1.54) is 18.3 Å². The summed E-state index contributed by atoms with van der Waals surface area (Å²) in [7, 11) is 0. The van der Waals surface area contributed by atoms with Gasteiger partial charge in [0, 0.05) is 30.5 Å². The number of carbonyl (C=O) groups is 1. The number of nitrogens with zero attached hydrogens (tertiary/aromatic N) is 2. The summed E-state index contributed by atoms with van der Waals surface area (Å²) in [6.45, 7) is 3.01. The highest BCUT2D eigenvalue weighted by Crippen LogP contribution is 2.31. The van der Waals surface area contributed by atoms with Gasteiger partial charge in [0.1, 0.15) is 0 Å². The number of carbonyl (C=O) groups excluding carboxylic acids is 1. The number of alkyl halides is 3. The van der Waals surface area contributed by atoms with Gasteiger partial charge in [0.2, 0.25) is 0 Å². The molecule has 3 rings (SSSR count). The minimum absolute atomic E-state index is 0.0471. The lowest BCUT2D eigenvalue weighted by Crippen LogP contribution is -2.37. The molecule has 2 aromatic rings. The molecule has 1 fully saturated rings. The van der Waals surface area contributed by atoms with Crippen LogP contribution in [-0.2, 0) is 6.18 Å². The van der Waals surface area contributed by atoms with Gasteiger partial charge in [0.15, 0.2) is 0 Å². The van der Waals surface area contributed by atoms with Gasteiger partial charge in [-0.3, -0.25) is 9.89 Å². The van der Waals surface area contributed by atoms with Crippen molar-refractivity contribution in [2.75, 3.05) is 18.0 Å². The second-order valence-electron chi connectivity index (χ2n) is 5.86. The molecule has 0 saturated carbocycles. The third-order valence-electron chi connectivity index (χ3n) is 4.16. The van der Waals surface area contributed by atoms with Crippen LogP contribution in [-0.4, -0.2) is 35.2 Å². The predicted octanol–water partition coefficient (Wildman–Crippen LogP) is 2.75. The standard InChI is InChI=1S/C16H17F3N4O/c1-10-14(8-20-22-10)15(24)21-12-6-7-23(9-12)13-4-2-11(3-5-13)16(17,18)19/h2-5,8,12H,6-7,9H2,1H3,(H,20,22)(H,21,24). The van der Waals surface area contributed by atoms with Gasteiger partial charge < -0.3 is 10.2 Å². The van der Waals surface area contributed by atoms with Gasteiger partial charge in [0.25, 0.3) is 5.91 Å². The molecule has 1 aliphatic rings.